The second kappa shape index (κ2) is 5.22. The smallest absolute Gasteiger partial charge is 0.182 e. The Morgan fingerprint density at radius 3 is 2.79 bits per heavy atom. The normalized spacial score (nSPS) is 10.6. The van der Waals surface area contributed by atoms with Crippen molar-refractivity contribution in [2.24, 2.45) is 0 Å². The Kier molecular flexibility index (Phi) is 4.22. The summed E-state index contributed by atoms with van der Waals surface area (Å²) in [5, 5.41) is 0. The van der Waals surface area contributed by atoms with Crippen LogP contribution in [0.5, 0.6) is 0 Å². The SMILES string of the molecule is CN(C)CCC(=O)c1cccc(Br)n1. The van der Waals surface area contributed by atoms with E-state index >= 15 is 0 Å². The van der Waals surface area contributed by atoms with Crippen LogP contribution in [0.2, 0.25) is 0 Å². The van der Waals surface area contributed by atoms with Gasteiger partial charge in [0.1, 0.15) is 10.3 Å². The standard InChI is InChI=1S/C10H13BrN2O/c1-13(2)7-6-9(14)8-4-3-5-10(11)12-8/h3-5H,6-7H2,1-2H3. The Bertz CT molecular complexity index is 326. The van der Waals surface area contributed by atoms with Crippen molar-refractivity contribution < 1.29 is 4.79 Å². The fraction of sp³-hybridized carbons (Fsp3) is 0.400. The molecule has 0 bridgehead atoms. The van der Waals surface area contributed by atoms with Gasteiger partial charge in [-0.15, -0.1) is 0 Å². The number of hydrogen-bond donors (Lipinski definition) is 0. The van der Waals surface area contributed by atoms with Crippen LogP contribution in [-0.2, 0) is 0 Å². The van der Waals surface area contributed by atoms with Gasteiger partial charge in [-0.25, -0.2) is 4.98 Å². The number of carbonyl (C=O) groups is 1. The van der Waals surface area contributed by atoms with Crippen LogP contribution >= 0.6 is 15.9 Å². The topological polar surface area (TPSA) is 33.2 Å². The minimum Gasteiger partial charge on any atom is -0.309 e. The van der Waals surface area contributed by atoms with Crippen molar-refractivity contribution in [3.63, 3.8) is 0 Å². The molecule has 0 unspecified atom stereocenters. The van der Waals surface area contributed by atoms with Gasteiger partial charge in [0.15, 0.2) is 5.78 Å². The van der Waals surface area contributed by atoms with Gasteiger partial charge in [-0.2, -0.15) is 0 Å². The van der Waals surface area contributed by atoms with Gasteiger partial charge < -0.3 is 4.90 Å². The first-order valence-electron chi connectivity index (χ1n) is 4.40. The Morgan fingerprint density at radius 1 is 1.50 bits per heavy atom. The lowest BCUT2D eigenvalue weighted by molar-refractivity contribution is 0.0967. The fourth-order valence-corrected chi connectivity index (χ4v) is 1.36. The number of nitrogens with zero attached hydrogens (tertiary/aromatic N) is 2. The first-order chi connectivity index (χ1) is 6.59. The molecule has 0 spiro atoms. The molecule has 0 aliphatic carbocycles. The third kappa shape index (κ3) is 3.55. The van der Waals surface area contributed by atoms with Gasteiger partial charge in [0.25, 0.3) is 0 Å². The number of pyridine rings is 1. The van der Waals surface area contributed by atoms with E-state index in [9.17, 15) is 4.79 Å². The van der Waals surface area contributed by atoms with Crippen LogP contribution in [0, 0.1) is 0 Å². The van der Waals surface area contributed by atoms with Gasteiger partial charge in [-0.05, 0) is 42.2 Å². The van der Waals surface area contributed by atoms with Crippen molar-refractivity contribution in [1.82, 2.24) is 9.88 Å². The highest BCUT2D eigenvalue weighted by Crippen LogP contribution is 2.08. The predicted molar refractivity (Wildman–Crippen MR) is 59.4 cm³/mol. The summed E-state index contributed by atoms with van der Waals surface area (Å²) in [5.41, 5.74) is 0.529. The highest BCUT2D eigenvalue weighted by atomic mass is 79.9. The van der Waals surface area contributed by atoms with E-state index in [0.717, 1.165) is 6.54 Å². The second-order valence-electron chi connectivity index (χ2n) is 3.32. The first kappa shape index (κ1) is 11.3. The molecular formula is C10H13BrN2O. The van der Waals surface area contributed by atoms with Gasteiger partial charge in [0, 0.05) is 13.0 Å². The van der Waals surface area contributed by atoms with Gasteiger partial charge in [-0.1, -0.05) is 6.07 Å². The van der Waals surface area contributed by atoms with Gasteiger partial charge >= 0.3 is 0 Å². The number of hydrogen-bond acceptors (Lipinski definition) is 3. The lowest BCUT2D eigenvalue weighted by Gasteiger charge is -2.07. The summed E-state index contributed by atoms with van der Waals surface area (Å²) in [6.07, 6.45) is 0.510. The average Bonchev–Trinajstić information content (AvgIpc) is 2.14. The molecule has 0 N–H and O–H groups in total. The minimum absolute atomic E-state index is 0.0833. The molecule has 1 heterocycles. The van der Waals surface area contributed by atoms with Crippen LogP contribution in [0.25, 0.3) is 0 Å². The predicted octanol–water partition coefficient (Wildman–Crippen LogP) is 1.98. The molecular weight excluding hydrogens is 244 g/mol. The number of Topliss-reactive ketones (excluding diaryl/α,β-unsaturated/α-hetero) is 1. The number of aromatic nitrogens is 1. The summed E-state index contributed by atoms with van der Waals surface area (Å²) >= 11 is 3.24. The zero-order valence-corrected chi connectivity index (χ0v) is 9.91. The quantitative estimate of drug-likeness (QED) is 0.610. The molecule has 0 atom stereocenters. The van der Waals surface area contributed by atoms with E-state index in [1.165, 1.54) is 0 Å². The second-order valence-corrected chi connectivity index (χ2v) is 4.13. The molecule has 4 heteroatoms. The molecule has 1 aromatic heterocycles. The lowest BCUT2D eigenvalue weighted by Crippen LogP contribution is -2.17. The lowest BCUT2D eigenvalue weighted by atomic mass is 10.2. The molecule has 0 saturated carbocycles. The molecule has 0 aliphatic heterocycles. The molecule has 1 rings (SSSR count). The van der Waals surface area contributed by atoms with Crippen LogP contribution in [-0.4, -0.2) is 36.3 Å². The Labute approximate surface area is 92.3 Å². The van der Waals surface area contributed by atoms with E-state index < -0.39 is 0 Å². The first-order valence-corrected chi connectivity index (χ1v) is 5.19. The van der Waals surface area contributed by atoms with Crippen LogP contribution in [0.4, 0.5) is 0 Å². The van der Waals surface area contributed by atoms with Crippen molar-refractivity contribution in [3.05, 3.63) is 28.5 Å². The van der Waals surface area contributed by atoms with Gasteiger partial charge in [-0.3, -0.25) is 4.79 Å². The van der Waals surface area contributed by atoms with E-state index in [4.69, 9.17) is 0 Å². The maximum absolute atomic E-state index is 11.6. The molecule has 1 aromatic rings. The molecule has 0 radical (unpaired) electrons. The fourth-order valence-electron chi connectivity index (χ4n) is 1.02. The summed E-state index contributed by atoms with van der Waals surface area (Å²) < 4.78 is 0.702. The van der Waals surface area contributed by atoms with Crippen LogP contribution in [0.15, 0.2) is 22.8 Å². The zero-order valence-electron chi connectivity index (χ0n) is 8.33. The largest absolute Gasteiger partial charge is 0.309 e. The summed E-state index contributed by atoms with van der Waals surface area (Å²) in [6, 6.07) is 5.37. The number of carbonyl (C=O) groups excluding carboxylic acids is 1. The molecule has 0 aliphatic rings. The zero-order chi connectivity index (χ0) is 10.6. The van der Waals surface area contributed by atoms with Crippen molar-refractivity contribution in [1.29, 1.82) is 0 Å². The highest BCUT2D eigenvalue weighted by molar-refractivity contribution is 9.10. The van der Waals surface area contributed by atoms with Crippen molar-refractivity contribution in [3.8, 4) is 0 Å². The van der Waals surface area contributed by atoms with Crippen LogP contribution in [0.3, 0.4) is 0 Å². The number of halogens is 1. The van der Waals surface area contributed by atoms with Gasteiger partial charge in [0.05, 0.1) is 0 Å². The van der Waals surface area contributed by atoms with E-state index in [-0.39, 0.29) is 5.78 Å². The summed E-state index contributed by atoms with van der Waals surface area (Å²) in [5.74, 6) is 0.0833. The maximum atomic E-state index is 11.6. The average molecular weight is 257 g/mol. The molecule has 14 heavy (non-hydrogen) atoms. The van der Waals surface area contributed by atoms with Gasteiger partial charge in [0.2, 0.25) is 0 Å². The van der Waals surface area contributed by atoms with Crippen molar-refractivity contribution >= 4 is 21.7 Å². The van der Waals surface area contributed by atoms with E-state index in [2.05, 4.69) is 20.9 Å². The molecule has 0 saturated heterocycles. The summed E-state index contributed by atoms with van der Waals surface area (Å²) in [4.78, 5) is 17.7. The molecule has 3 nitrogen and oxygen atoms in total. The van der Waals surface area contributed by atoms with Crippen molar-refractivity contribution in [2.75, 3.05) is 20.6 Å². The van der Waals surface area contributed by atoms with E-state index in [1.807, 2.05) is 31.1 Å². The molecule has 0 aromatic carbocycles. The minimum atomic E-state index is 0.0833. The Balaban J connectivity index is 2.61. The summed E-state index contributed by atoms with van der Waals surface area (Å²) in [7, 11) is 3.89. The van der Waals surface area contributed by atoms with E-state index in [1.54, 1.807) is 6.07 Å². The maximum Gasteiger partial charge on any atom is 0.182 e. The Morgan fingerprint density at radius 2 is 2.21 bits per heavy atom. The monoisotopic (exact) mass is 256 g/mol. The third-order valence-corrected chi connectivity index (χ3v) is 2.23. The van der Waals surface area contributed by atoms with Crippen molar-refractivity contribution in [2.45, 2.75) is 6.42 Å². The van der Waals surface area contributed by atoms with Crippen LogP contribution < -0.4 is 0 Å². The number of rotatable bonds is 4. The summed E-state index contributed by atoms with van der Waals surface area (Å²) in [6.45, 7) is 0.757. The van der Waals surface area contributed by atoms with E-state index in [0.29, 0.717) is 16.7 Å². The molecule has 0 fully saturated rings. The molecule has 76 valence electrons. The highest BCUT2D eigenvalue weighted by Gasteiger charge is 2.07. The molecule has 0 amide bonds. The van der Waals surface area contributed by atoms with Crippen LogP contribution in [0.1, 0.15) is 16.9 Å². The Hall–Kier alpha value is -0.740. The third-order valence-electron chi connectivity index (χ3n) is 1.79. The number of ketones is 1.